The molecule has 0 spiro atoms. The average Bonchev–Trinajstić information content (AvgIpc) is 3.46. The average molecular weight is 1110 g/mol. The Kier molecular flexibility index (Phi) is 63.3. The lowest BCUT2D eigenvalue weighted by molar-refractivity contribution is -0.167. The molecule has 0 aromatic rings. The van der Waals surface area contributed by atoms with E-state index < -0.39 is 6.10 Å². The van der Waals surface area contributed by atoms with Crippen LogP contribution in [0.15, 0.2) is 134 Å². The summed E-state index contributed by atoms with van der Waals surface area (Å²) in [5.74, 6) is -0.933. The summed E-state index contributed by atoms with van der Waals surface area (Å²) in [7, 11) is 0. The topological polar surface area (TPSA) is 78.9 Å². The van der Waals surface area contributed by atoms with Crippen molar-refractivity contribution >= 4 is 17.9 Å². The van der Waals surface area contributed by atoms with Crippen LogP contribution in [0, 0.1) is 0 Å². The van der Waals surface area contributed by atoms with Gasteiger partial charge in [-0.3, -0.25) is 14.4 Å². The van der Waals surface area contributed by atoms with Crippen molar-refractivity contribution in [2.24, 2.45) is 0 Å². The van der Waals surface area contributed by atoms with E-state index in [1.165, 1.54) is 109 Å². The highest BCUT2D eigenvalue weighted by molar-refractivity contribution is 5.71. The van der Waals surface area contributed by atoms with E-state index in [0.29, 0.717) is 19.3 Å². The van der Waals surface area contributed by atoms with Crippen LogP contribution in [0.1, 0.15) is 297 Å². The fraction of sp³-hybridized carbons (Fsp3) is 0.662. The fourth-order valence-corrected chi connectivity index (χ4v) is 8.88. The number of ether oxygens (including phenoxy) is 3. The van der Waals surface area contributed by atoms with E-state index in [-0.39, 0.29) is 31.1 Å². The molecule has 1 atom stereocenters. The molecule has 0 bridgehead atoms. The van der Waals surface area contributed by atoms with Gasteiger partial charge in [-0.2, -0.15) is 0 Å². The maximum Gasteiger partial charge on any atom is 0.306 e. The van der Waals surface area contributed by atoms with Gasteiger partial charge in [0.05, 0.1) is 0 Å². The van der Waals surface area contributed by atoms with Crippen LogP contribution in [-0.4, -0.2) is 37.2 Å². The largest absolute Gasteiger partial charge is 0.462 e. The quantitative estimate of drug-likeness (QED) is 0.0261. The second-order valence-corrected chi connectivity index (χ2v) is 21.6. The molecule has 80 heavy (non-hydrogen) atoms. The molecule has 0 heterocycles. The molecule has 0 aliphatic heterocycles. The second kappa shape index (κ2) is 67.1. The van der Waals surface area contributed by atoms with Crippen LogP contribution in [0.5, 0.6) is 0 Å². The SMILES string of the molecule is CC/C=C\C/C=C\C/C=C\C/C=C\C/C=C\C/C=C\C/C=C\C/C=C\CCCCCCC(=O)OCC(COC(=O)CCCCCCC/C=C\C/C=C\CCCC)OC(=O)CCCCCCCCCCC/C=C\CCCCCCCC. The summed E-state index contributed by atoms with van der Waals surface area (Å²) in [6.45, 7) is 6.46. The first-order chi connectivity index (χ1) is 39.5. The van der Waals surface area contributed by atoms with E-state index in [1.54, 1.807) is 0 Å². The molecular formula is C74H122O6. The second-order valence-electron chi connectivity index (χ2n) is 21.6. The molecule has 0 radical (unpaired) electrons. The maximum absolute atomic E-state index is 12.9. The van der Waals surface area contributed by atoms with Gasteiger partial charge >= 0.3 is 17.9 Å². The van der Waals surface area contributed by atoms with Crippen molar-refractivity contribution < 1.29 is 28.6 Å². The first-order valence-corrected chi connectivity index (χ1v) is 33.2. The number of esters is 3. The number of hydrogen-bond acceptors (Lipinski definition) is 6. The van der Waals surface area contributed by atoms with E-state index in [0.717, 1.165) is 148 Å². The Bertz CT molecular complexity index is 1700. The van der Waals surface area contributed by atoms with Gasteiger partial charge in [0.15, 0.2) is 6.10 Å². The molecule has 6 nitrogen and oxygen atoms in total. The standard InChI is InChI=1S/C74H122O6/c1-4-7-10-13-16-19-22-25-28-30-32-33-34-35-36-37-38-39-40-41-43-44-46-49-52-55-58-61-64-67-73(76)79-70-71(69-78-72(75)66-63-60-57-54-51-48-27-24-21-18-15-12-9-6-3)80-74(77)68-65-62-59-56-53-50-47-45-42-31-29-26-23-20-17-14-11-8-5-2/h7,10,15-16,18-19,24-29,32-33,35-36,38-39,41,43,46,49,71H,4-6,8-9,11-14,17,20-23,30-31,34,37,40,42,44-45,47-48,50-70H2,1-3H3/b10-7-,18-15-,19-16-,27-24-,28-25-,29-26-,33-32-,36-35-,39-38-,43-41-,49-46-. The molecule has 0 aliphatic rings. The lowest BCUT2D eigenvalue weighted by Crippen LogP contribution is -2.30. The van der Waals surface area contributed by atoms with Crippen LogP contribution in [-0.2, 0) is 28.6 Å². The molecule has 0 aliphatic carbocycles. The number of allylic oxidation sites excluding steroid dienone is 22. The van der Waals surface area contributed by atoms with Crippen molar-refractivity contribution in [1.82, 2.24) is 0 Å². The predicted molar refractivity (Wildman–Crippen MR) is 348 cm³/mol. The number of carbonyl (C=O) groups excluding carboxylic acids is 3. The normalized spacial score (nSPS) is 13.0. The minimum Gasteiger partial charge on any atom is -0.462 e. The fourth-order valence-electron chi connectivity index (χ4n) is 8.88. The molecule has 6 heteroatoms. The Morgan fingerprint density at radius 2 is 0.500 bits per heavy atom. The molecule has 0 fully saturated rings. The highest BCUT2D eigenvalue weighted by Gasteiger charge is 2.19. The third-order valence-corrected chi connectivity index (χ3v) is 13.9. The third-order valence-electron chi connectivity index (χ3n) is 13.9. The summed E-state index contributed by atoms with van der Waals surface area (Å²) in [6, 6.07) is 0. The Morgan fingerprint density at radius 3 is 0.812 bits per heavy atom. The zero-order chi connectivity index (χ0) is 57.8. The van der Waals surface area contributed by atoms with Gasteiger partial charge in [-0.15, -0.1) is 0 Å². The molecule has 0 saturated heterocycles. The summed E-state index contributed by atoms with van der Waals surface area (Å²) < 4.78 is 16.9. The zero-order valence-electron chi connectivity index (χ0n) is 52.0. The van der Waals surface area contributed by atoms with Gasteiger partial charge < -0.3 is 14.2 Å². The summed E-state index contributed by atoms with van der Waals surface area (Å²) in [6.07, 6.45) is 94.5. The highest BCUT2D eigenvalue weighted by Crippen LogP contribution is 2.15. The van der Waals surface area contributed by atoms with Crippen molar-refractivity contribution in [3.05, 3.63) is 134 Å². The van der Waals surface area contributed by atoms with E-state index >= 15 is 0 Å². The third kappa shape index (κ3) is 64.4. The number of hydrogen-bond donors (Lipinski definition) is 0. The van der Waals surface area contributed by atoms with Gasteiger partial charge in [-0.05, 0) is 135 Å². The Hall–Kier alpha value is -4.45. The first kappa shape index (κ1) is 75.5. The smallest absolute Gasteiger partial charge is 0.306 e. The molecule has 0 N–H and O–H groups in total. The molecule has 0 saturated carbocycles. The molecule has 1 unspecified atom stereocenters. The summed E-state index contributed by atoms with van der Waals surface area (Å²) in [5, 5.41) is 0. The lowest BCUT2D eigenvalue weighted by atomic mass is 10.1. The van der Waals surface area contributed by atoms with Gasteiger partial charge in [0.1, 0.15) is 13.2 Å². The number of rotatable bonds is 59. The Balaban J connectivity index is 4.41. The predicted octanol–water partition coefficient (Wildman–Crippen LogP) is 22.9. The summed E-state index contributed by atoms with van der Waals surface area (Å²) in [5.41, 5.74) is 0. The highest BCUT2D eigenvalue weighted by atomic mass is 16.6. The Morgan fingerprint density at radius 1 is 0.263 bits per heavy atom. The van der Waals surface area contributed by atoms with Gasteiger partial charge in [0.25, 0.3) is 0 Å². The molecule has 454 valence electrons. The summed E-state index contributed by atoms with van der Waals surface area (Å²) >= 11 is 0. The Labute approximate surface area is 494 Å². The number of unbranched alkanes of at least 4 members (excludes halogenated alkanes) is 26. The molecule has 0 rings (SSSR count). The van der Waals surface area contributed by atoms with Crippen molar-refractivity contribution in [2.75, 3.05) is 13.2 Å². The molecule has 0 aromatic heterocycles. The summed E-state index contributed by atoms with van der Waals surface area (Å²) in [4.78, 5) is 38.3. The van der Waals surface area contributed by atoms with Gasteiger partial charge in [-0.1, -0.05) is 276 Å². The van der Waals surface area contributed by atoms with Crippen LogP contribution in [0.4, 0.5) is 0 Å². The van der Waals surface area contributed by atoms with Crippen LogP contribution in [0.2, 0.25) is 0 Å². The van der Waals surface area contributed by atoms with Crippen molar-refractivity contribution in [1.29, 1.82) is 0 Å². The molecule has 0 amide bonds. The lowest BCUT2D eigenvalue weighted by Gasteiger charge is -2.18. The van der Waals surface area contributed by atoms with Gasteiger partial charge in [-0.25, -0.2) is 0 Å². The maximum atomic E-state index is 12.9. The van der Waals surface area contributed by atoms with Crippen LogP contribution < -0.4 is 0 Å². The zero-order valence-corrected chi connectivity index (χ0v) is 52.0. The van der Waals surface area contributed by atoms with E-state index in [9.17, 15) is 14.4 Å². The van der Waals surface area contributed by atoms with E-state index in [4.69, 9.17) is 14.2 Å². The number of carbonyl (C=O) groups is 3. The van der Waals surface area contributed by atoms with Crippen molar-refractivity contribution in [3.63, 3.8) is 0 Å². The van der Waals surface area contributed by atoms with Crippen molar-refractivity contribution in [3.8, 4) is 0 Å². The monoisotopic (exact) mass is 1110 g/mol. The van der Waals surface area contributed by atoms with Gasteiger partial charge in [0, 0.05) is 19.3 Å². The molecule has 0 aromatic carbocycles. The van der Waals surface area contributed by atoms with Crippen molar-refractivity contribution in [2.45, 2.75) is 303 Å². The van der Waals surface area contributed by atoms with Gasteiger partial charge in [0.2, 0.25) is 0 Å². The van der Waals surface area contributed by atoms with E-state index in [1.807, 2.05) is 0 Å². The minimum atomic E-state index is -0.801. The van der Waals surface area contributed by atoms with Crippen LogP contribution in [0.3, 0.4) is 0 Å². The first-order valence-electron chi connectivity index (χ1n) is 33.2. The van der Waals surface area contributed by atoms with Crippen LogP contribution in [0.25, 0.3) is 0 Å². The van der Waals surface area contributed by atoms with Crippen LogP contribution >= 0.6 is 0 Å². The molecular weight excluding hydrogens is 985 g/mol. The minimum absolute atomic E-state index is 0.0970. The van der Waals surface area contributed by atoms with E-state index in [2.05, 4.69) is 154 Å².